The first kappa shape index (κ1) is 12.1. The topological polar surface area (TPSA) is 82.3 Å². The summed E-state index contributed by atoms with van der Waals surface area (Å²) in [4.78, 5) is 8.21. The number of aromatic nitrogens is 2. The lowest BCUT2D eigenvalue weighted by Gasteiger charge is -2.09. The van der Waals surface area contributed by atoms with E-state index in [-0.39, 0.29) is 0 Å². The summed E-state index contributed by atoms with van der Waals surface area (Å²) in [6.45, 7) is 0. The van der Waals surface area contributed by atoms with E-state index in [9.17, 15) is 0 Å². The fourth-order valence-electron chi connectivity index (χ4n) is 1.58. The fraction of sp³-hybridized carbons (Fsp3) is 0.167. The number of anilines is 1. The molecule has 6 nitrogen and oxygen atoms in total. The quantitative estimate of drug-likeness (QED) is 0.627. The first-order chi connectivity index (χ1) is 8.78. The average Bonchev–Trinajstić information content (AvgIpc) is 2.46. The number of rotatable bonds is 4. The second-order valence-electron chi connectivity index (χ2n) is 3.48. The minimum Gasteiger partial charge on any atom is -0.493 e. The van der Waals surface area contributed by atoms with Crippen molar-refractivity contribution in [1.29, 1.82) is 0 Å². The molecular formula is C12H14N4O2. The number of nitrogens with one attached hydrogen (secondary N) is 1. The van der Waals surface area contributed by atoms with E-state index in [0.29, 0.717) is 17.4 Å². The summed E-state index contributed by atoms with van der Waals surface area (Å²) in [7, 11) is 3.19. The summed E-state index contributed by atoms with van der Waals surface area (Å²) in [5.74, 6) is 6.96. The molecule has 3 N–H and O–H groups in total. The van der Waals surface area contributed by atoms with Gasteiger partial charge in [-0.2, -0.15) is 0 Å². The highest BCUT2D eigenvalue weighted by Gasteiger charge is 2.07. The number of hydrogen-bond donors (Lipinski definition) is 2. The van der Waals surface area contributed by atoms with Crippen LogP contribution in [0.4, 0.5) is 5.95 Å². The second kappa shape index (κ2) is 5.33. The van der Waals surface area contributed by atoms with Crippen LogP contribution in [0, 0.1) is 0 Å². The zero-order chi connectivity index (χ0) is 13.0. The summed E-state index contributed by atoms with van der Waals surface area (Å²) in [5.41, 5.74) is 4.05. The number of nitrogens with two attached hydrogens (primary N) is 1. The standard InChI is InChI=1S/C12H14N4O2/c1-17-10-4-3-8(7-11(10)18-2)9-5-6-14-12(15-9)16-13/h3-7H,13H2,1-2H3,(H,14,15,16). The van der Waals surface area contributed by atoms with E-state index >= 15 is 0 Å². The molecule has 0 saturated heterocycles. The molecule has 94 valence electrons. The molecule has 2 aromatic rings. The molecule has 1 aromatic heterocycles. The van der Waals surface area contributed by atoms with Crippen LogP contribution >= 0.6 is 0 Å². The molecule has 1 aromatic carbocycles. The van der Waals surface area contributed by atoms with Crippen LogP contribution in [0.1, 0.15) is 0 Å². The van der Waals surface area contributed by atoms with Crippen LogP contribution in [-0.4, -0.2) is 24.2 Å². The van der Waals surface area contributed by atoms with Crippen LogP contribution < -0.4 is 20.7 Å². The largest absolute Gasteiger partial charge is 0.493 e. The minimum atomic E-state index is 0.363. The smallest absolute Gasteiger partial charge is 0.237 e. The van der Waals surface area contributed by atoms with Crippen LogP contribution in [0.2, 0.25) is 0 Å². The number of benzene rings is 1. The van der Waals surface area contributed by atoms with Gasteiger partial charge in [-0.05, 0) is 24.3 Å². The zero-order valence-corrected chi connectivity index (χ0v) is 10.2. The Hall–Kier alpha value is -2.34. The first-order valence-corrected chi connectivity index (χ1v) is 5.30. The van der Waals surface area contributed by atoms with Gasteiger partial charge in [-0.15, -0.1) is 0 Å². The van der Waals surface area contributed by atoms with Crippen molar-refractivity contribution in [2.45, 2.75) is 0 Å². The van der Waals surface area contributed by atoms with Gasteiger partial charge in [0, 0.05) is 11.8 Å². The molecule has 1 heterocycles. The van der Waals surface area contributed by atoms with E-state index in [1.165, 1.54) is 0 Å². The third kappa shape index (κ3) is 2.33. The Kier molecular flexibility index (Phi) is 3.59. The Morgan fingerprint density at radius 1 is 1.11 bits per heavy atom. The highest BCUT2D eigenvalue weighted by atomic mass is 16.5. The van der Waals surface area contributed by atoms with Crippen molar-refractivity contribution in [2.24, 2.45) is 5.84 Å². The number of nitrogen functional groups attached to an aromatic ring is 1. The molecule has 0 spiro atoms. The highest BCUT2D eigenvalue weighted by molar-refractivity contribution is 5.64. The molecule has 0 aliphatic carbocycles. The molecule has 18 heavy (non-hydrogen) atoms. The van der Waals surface area contributed by atoms with Crippen LogP contribution in [-0.2, 0) is 0 Å². The van der Waals surface area contributed by atoms with E-state index in [4.69, 9.17) is 15.3 Å². The molecular weight excluding hydrogens is 232 g/mol. The SMILES string of the molecule is COc1ccc(-c2ccnc(NN)n2)cc1OC. The normalized spacial score (nSPS) is 9.94. The number of hydrazine groups is 1. The Labute approximate surface area is 105 Å². The van der Waals surface area contributed by atoms with Gasteiger partial charge in [0.2, 0.25) is 5.95 Å². The number of hydrogen-bond acceptors (Lipinski definition) is 6. The van der Waals surface area contributed by atoms with Crippen LogP contribution in [0.3, 0.4) is 0 Å². The van der Waals surface area contributed by atoms with Gasteiger partial charge in [-0.25, -0.2) is 15.8 Å². The number of methoxy groups -OCH3 is 2. The summed E-state index contributed by atoms with van der Waals surface area (Å²) in [6.07, 6.45) is 1.63. The summed E-state index contributed by atoms with van der Waals surface area (Å²) in [5, 5.41) is 0. The lowest BCUT2D eigenvalue weighted by Crippen LogP contribution is -2.10. The maximum absolute atomic E-state index is 5.28. The van der Waals surface area contributed by atoms with Crippen LogP contribution in [0.25, 0.3) is 11.3 Å². The zero-order valence-electron chi connectivity index (χ0n) is 10.2. The molecule has 0 unspecified atom stereocenters. The fourth-order valence-corrected chi connectivity index (χ4v) is 1.58. The van der Waals surface area contributed by atoms with Gasteiger partial charge in [0.05, 0.1) is 19.9 Å². The molecule has 6 heteroatoms. The molecule has 0 amide bonds. The van der Waals surface area contributed by atoms with Crippen LogP contribution in [0.15, 0.2) is 30.5 Å². The highest BCUT2D eigenvalue weighted by Crippen LogP contribution is 2.31. The van der Waals surface area contributed by atoms with Gasteiger partial charge >= 0.3 is 0 Å². The van der Waals surface area contributed by atoms with Gasteiger partial charge in [0.15, 0.2) is 11.5 Å². The van der Waals surface area contributed by atoms with Crippen molar-refractivity contribution in [3.05, 3.63) is 30.5 Å². The third-order valence-corrected chi connectivity index (χ3v) is 2.46. The maximum atomic E-state index is 5.28. The minimum absolute atomic E-state index is 0.363. The lowest BCUT2D eigenvalue weighted by molar-refractivity contribution is 0.355. The van der Waals surface area contributed by atoms with Gasteiger partial charge < -0.3 is 9.47 Å². The molecule has 2 rings (SSSR count). The molecule has 0 aliphatic heterocycles. The molecule has 0 aliphatic rings. The van der Waals surface area contributed by atoms with Crippen molar-refractivity contribution in [3.63, 3.8) is 0 Å². The maximum Gasteiger partial charge on any atom is 0.237 e. The van der Waals surface area contributed by atoms with Gasteiger partial charge in [-0.3, -0.25) is 5.43 Å². The van der Waals surface area contributed by atoms with E-state index in [0.717, 1.165) is 11.3 Å². The van der Waals surface area contributed by atoms with E-state index in [1.807, 2.05) is 18.2 Å². The van der Waals surface area contributed by atoms with Gasteiger partial charge in [-0.1, -0.05) is 0 Å². The first-order valence-electron chi connectivity index (χ1n) is 5.30. The Bertz CT molecular complexity index is 545. The van der Waals surface area contributed by atoms with Gasteiger partial charge in [0.25, 0.3) is 0 Å². The predicted molar refractivity (Wildman–Crippen MR) is 68.4 cm³/mol. The molecule has 0 fully saturated rings. The predicted octanol–water partition coefficient (Wildman–Crippen LogP) is 1.45. The van der Waals surface area contributed by atoms with E-state index in [1.54, 1.807) is 26.5 Å². The average molecular weight is 246 g/mol. The van der Waals surface area contributed by atoms with Gasteiger partial charge in [0.1, 0.15) is 0 Å². The second-order valence-corrected chi connectivity index (χ2v) is 3.48. The lowest BCUT2D eigenvalue weighted by atomic mass is 10.1. The van der Waals surface area contributed by atoms with Crippen molar-refractivity contribution in [3.8, 4) is 22.8 Å². The summed E-state index contributed by atoms with van der Waals surface area (Å²) < 4.78 is 10.4. The number of ether oxygens (including phenoxy) is 2. The van der Waals surface area contributed by atoms with Crippen molar-refractivity contribution < 1.29 is 9.47 Å². The third-order valence-electron chi connectivity index (χ3n) is 2.46. The Balaban J connectivity index is 2.43. The van der Waals surface area contributed by atoms with Crippen molar-refractivity contribution >= 4 is 5.95 Å². The van der Waals surface area contributed by atoms with E-state index < -0.39 is 0 Å². The Morgan fingerprint density at radius 2 is 1.89 bits per heavy atom. The van der Waals surface area contributed by atoms with Crippen LogP contribution in [0.5, 0.6) is 11.5 Å². The molecule has 0 saturated carbocycles. The van der Waals surface area contributed by atoms with Crippen molar-refractivity contribution in [1.82, 2.24) is 9.97 Å². The van der Waals surface area contributed by atoms with E-state index in [2.05, 4.69) is 15.4 Å². The Morgan fingerprint density at radius 3 is 2.56 bits per heavy atom. The van der Waals surface area contributed by atoms with Crippen molar-refractivity contribution in [2.75, 3.05) is 19.6 Å². The molecule has 0 radical (unpaired) electrons. The summed E-state index contributed by atoms with van der Waals surface area (Å²) >= 11 is 0. The summed E-state index contributed by atoms with van der Waals surface area (Å²) in [6, 6.07) is 7.36. The monoisotopic (exact) mass is 246 g/mol. The molecule has 0 bridgehead atoms. The number of nitrogens with zero attached hydrogens (tertiary/aromatic N) is 2. The molecule has 0 atom stereocenters.